The average molecular weight is 462 g/mol. The van der Waals surface area contributed by atoms with Gasteiger partial charge in [0.2, 0.25) is 0 Å². The van der Waals surface area contributed by atoms with Crippen molar-refractivity contribution < 1.29 is 4.79 Å². The second-order valence-corrected chi connectivity index (χ2v) is 9.33. The van der Waals surface area contributed by atoms with Crippen LogP contribution in [-0.4, -0.2) is 33.4 Å². The van der Waals surface area contributed by atoms with Crippen LogP contribution in [0.1, 0.15) is 60.4 Å². The molecule has 33 heavy (non-hydrogen) atoms. The van der Waals surface area contributed by atoms with Gasteiger partial charge in [-0.3, -0.25) is 9.78 Å². The molecule has 4 rings (SSSR count). The van der Waals surface area contributed by atoms with Gasteiger partial charge in [0.1, 0.15) is 5.82 Å². The summed E-state index contributed by atoms with van der Waals surface area (Å²) < 4.78 is 0. The summed E-state index contributed by atoms with van der Waals surface area (Å²) in [6, 6.07) is 16.1. The summed E-state index contributed by atoms with van der Waals surface area (Å²) in [5.41, 5.74) is 3.63. The van der Waals surface area contributed by atoms with Crippen LogP contribution in [0.25, 0.3) is 0 Å². The predicted molar refractivity (Wildman–Crippen MR) is 133 cm³/mol. The van der Waals surface area contributed by atoms with E-state index < -0.39 is 0 Å². The van der Waals surface area contributed by atoms with Crippen molar-refractivity contribution in [2.24, 2.45) is 0 Å². The van der Waals surface area contributed by atoms with Gasteiger partial charge in [-0.05, 0) is 62.4 Å². The highest BCUT2D eigenvalue weighted by atomic mass is 32.2. The second kappa shape index (κ2) is 11.3. The quantitative estimate of drug-likeness (QED) is 0.375. The van der Waals surface area contributed by atoms with Gasteiger partial charge >= 0.3 is 0 Å². The number of thioether (sulfide) groups is 1. The Bertz CT molecular complexity index is 1080. The van der Waals surface area contributed by atoms with Crippen molar-refractivity contribution in [3.8, 4) is 0 Å². The number of aromatic nitrogens is 3. The molecular formula is C26H31N5OS. The highest BCUT2D eigenvalue weighted by molar-refractivity contribution is 7.98. The number of hydrogen-bond acceptors (Lipinski definition) is 6. The molecule has 1 aliphatic rings. The Kier molecular flexibility index (Phi) is 7.94. The van der Waals surface area contributed by atoms with E-state index in [9.17, 15) is 4.79 Å². The van der Waals surface area contributed by atoms with Crippen molar-refractivity contribution >= 4 is 23.5 Å². The zero-order valence-corrected chi connectivity index (χ0v) is 20.1. The minimum Gasteiger partial charge on any atom is -0.354 e. The lowest BCUT2D eigenvalue weighted by Crippen LogP contribution is -2.38. The van der Waals surface area contributed by atoms with Gasteiger partial charge in [0.25, 0.3) is 5.91 Å². The molecule has 1 aliphatic heterocycles. The van der Waals surface area contributed by atoms with Gasteiger partial charge in [-0.25, -0.2) is 9.97 Å². The molecule has 1 fully saturated rings. The number of amides is 1. The van der Waals surface area contributed by atoms with E-state index in [0.717, 1.165) is 40.9 Å². The summed E-state index contributed by atoms with van der Waals surface area (Å²) in [4.78, 5) is 28.9. The van der Waals surface area contributed by atoms with E-state index in [1.165, 1.54) is 19.3 Å². The van der Waals surface area contributed by atoms with Crippen LogP contribution >= 0.6 is 11.8 Å². The predicted octanol–water partition coefficient (Wildman–Crippen LogP) is 5.04. The van der Waals surface area contributed by atoms with Crippen LogP contribution in [0.5, 0.6) is 0 Å². The third-order valence-electron chi connectivity index (χ3n) is 5.92. The molecule has 2 aromatic heterocycles. The van der Waals surface area contributed by atoms with E-state index >= 15 is 0 Å². The van der Waals surface area contributed by atoms with E-state index in [-0.39, 0.29) is 5.91 Å². The van der Waals surface area contributed by atoms with Crippen LogP contribution in [0, 0.1) is 0 Å². The van der Waals surface area contributed by atoms with Crippen molar-refractivity contribution in [3.63, 3.8) is 0 Å². The lowest BCUT2D eigenvalue weighted by atomic mass is 10.0. The normalized spacial score (nSPS) is 15.9. The second-order valence-electron chi connectivity index (χ2n) is 8.38. The van der Waals surface area contributed by atoms with Gasteiger partial charge in [0.15, 0.2) is 5.16 Å². The highest BCUT2D eigenvalue weighted by Gasteiger charge is 2.21. The Hall–Kier alpha value is -2.93. The van der Waals surface area contributed by atoms with E-state index in [1.54, 1.807) is 18.0 Å². The molecule has 6 nitrogen and oxygen atoms in total. The number of rotatable bonds is 8. The largest absolute Gasteiger partial charge is 0.354 e. The number of nitrogens with zero attached hydrogens (tertiary/aromatic N) is 4. The third-order valence-corrected chi connectivity index (χ3v) is 6.84. The molecule has 1 saturated heterocycles. The molecule has 172 valence electrons. The molecule has 0 unspecified atom stereocenters. The number of pyridine rings is 1. The Morgan fingerprint density at radius 2 is 2.03 bits per heavy atom. The zero-order chi connectivity index (χ0) is 23.0. The first-order valence-electron chi connectivity index (χ1n) is 11.7. The van der Waals surface area contributed by atoms with Crippen molar-refractivity contribution in [2.45, 2.75) is 63.0 Å². The third kappa shape index (κ3) is 6.32. The smallest absolute Gasteiger partial charge is 0.251 e. The highest BCUT2D eigenvalue weighted by Crippen LogP contribution is 2.27. The van der Waals surface area contributed by atoms with Crippen molar-refractivity contribution in [2.75, 3.05) is 11.4 Å². The summed E-state index contributed by atoms with van der Waals surface area (Å²) >= 11 is 1.62. The van der Waals surface area contributed by atoms with Crippen LogP contribution in [-0.2, 0) is 18.7 Å². The Morgan fingerprint density at radius 1 is 1.12 bits per heavy atom. The molecule has 7 heteroatoms. The first-order valence-corrected chi connectivity index (χ1v) is 12.7. The molecule has 0 radical (unpaired) electrons. The molecule has 0 spiro atoms. The SMILES string of the molecule is CCc1cc(N2CCCC[C@@H]2C)nc(SCc2cccc(C(=O)NCc3ccccn3)c2)n1. The van der Waals surface area contributed by atoms with Gasteiger partial charge in [-0.2, -0.15) is 0 Å². The van der Waals surface area contributed by atoms with Crippen LogP contribution in [0.3, 0.4) is 0 Å². The maximum Gasteiger partial charge on any atom is 0.251 e. The lowest BCUT2D eigenvalue weighted by molar-refractivity contribution is 0.0950. The van der Waals surface area contributed by atoms with E-state index in [4.69, 9.17) is 9.97 Å². The summed E-state index contributed by atoms with van der Waals surface area (Å²) in [7, 11) is 0. The van der Waals surface area contributed by atoms with E-state index in [0.29, 0.717) is 23.9 Å². The van der Waals surface area contributed by atoms with Gasteiger partial charge in [-0.1, -0.05) is 36.9 Å². The molecule has 0 saturated carbocycles. The monoisotopic (exact) mass is 461 g/mol. The summed E-state index contributed by atoms with van der Waals surface area (Å²) in [5.74, 6) is 1.65. The first-order chi connectivity index (χ1) is 16.1. The van der Waals surface area contributed by atoms with Crippen molar-refractivity contribution in [1.29, 1.82) is 0 Å². The number of carbonyl (C=O) groups excluding carboxylic acids is 1. The molecule has 0 bridgehead atoms. The fourth-order valence-electron chi connectivity index (χ4n) is 4.02. The molecular weight excluding hydrogens is 430 g/mol. The maximum atomic E-state index is 12.6. The maximum absolute atomic E-state index is 12.6. The average Bonchev–Trinajstić information content (AvgIpc) is 2.87. The zero-order valence-electron chi connectivity index (χ0n) is 19.3. The van der Waals surface area contributed by atoms with Gasteiger partial charge < -0.3 is 10.2 Å². The summed E-state index contributed by atoms with van der Waals surface area (Å²) in [5, 5.41) is 3.74. The lowest BCUT2D eigenvalue weighted by Gasteiger charge is -2.34. The number of hydrogen-bond donors (Lipinski definition) is 1. The first kappa shape index (κ1) is 23.2. The number of benzene rings is 1. The number of anilines is 1. The van der Waals surface area contributed by atoms with Crippen LogP contribution in [0.4, 0.5) is 5.82 Å². The molecule has 1 atom stereocenters. The molecule has 1 amide bonds. The molecule has 1 N–H and O–H groups in total. The minimum atomic E-state index is -0.0990. The van der Waals surface area contributed by atoms with Crippen molar-refractivity contribution in [3.05, 3.63) is 77.2 Å². The number of carbonyl (C=O) groups is 1. The summed E-state index contributed by atoms with van der Waals surface area (Å²) in [6.45, 7) is 5.88. The van der Waals surface area contributed by atoms with Crippen LogP contribution < -0.4 is 10.2 Å². The molecule has 1 aromatic carbocycles. The molecule has 3 aromatic rings. The van der Waals surface area contributed by atoms with Crippen LogP contribution in [0.15, 0.2) is 59.9 Å². The topological polar surface area (TPSA) is 71.0 Å². The Labute approximate surface area is 200 Å². The number of piperidine rings is 1. The molecule has 0 aliphatic carbocycles. The number of aryl methyl sites for hydroxylation is 1. The molecule has 3 heterocycles. The standard InChI is InChI=1S/C26H31N5OS/c1-3-22-16-24(31-14-7-5-9-19(31)2)30-26(29-22)33-18-20-10-8-11-21(15-20)25(32)28-17-23-12-4-6-13-27-23/h4,6,8,10-13,15-16,19H,3,5,7,9,14,17-18H2,1-2H3,(H,28,32)/t19-/m0/s1. The summed E-state index contributed by atoms with van der Waals surface area (Å²) in [6.07, 6.45) is 6.33. The number of nitrogens with one attached hydrogen (secondary N) is 1. The van der Waals surface area contributed by atoms with E-state index in [2.05, 4.69) is 35.1 Å². The fraction of sp³-hybridized carbons (Fsp3) is 0.385. The minimum absolute atomic E-state index is 0.0990. The Balaban J connectivity index is 1.41. The fourth-order valence-corrected chi connectivity index (χ4v) is 4.83. The Morgan fingerprint density at radius 3 is 2.82 bits per heavy atom. The van der Waals surface area contributed by atoms with E-state index in [1.807, 2.05) is 42.5 Å². The van der Waals surface area contributed by atoms with Gasteiger partial charge in [0, 0.05) is 41.9 Å². The van der Waals surface area contributed by atoms with Gasteiger partial charge in [0.05, 0.1) is 12.2 Å². The van der Waals surface area contributed by atoms with Gasteiger partial charge in [-0.15, -0.1) is 0 Å². The van der Waals surface area contributed by atoms with Crippen molar-refractivity contribution in [1.82, 2.24) is 20.3 Å². The van der Waals surface area contributed by atoms with Crippen LogP contribution in [0.2, 0.25) is 0 Å².